The summed E-state index contributed by atoms with van der Waals surface area (Å²) in [7, 11) is 0. The summed E-state index contributed by atoms with van der Waals surface area (Å²) in [4.78, 5) is 20.7. The third kappa shape index (κ3) is 4.30. The van der Waals surface area contributed by atoms with E-state index in [-0.39, 0.29) is 11.6 Å². The van der Waals surface area contributed by atoms with Crippen LogP contribution in [0.3, 0.4) is 0 Å². The van der Waals surface area contributed by atoms with Crippen LogP contribution in [0.1, 0.15) is 19.8 Å². The van der Waals surface area contributed by atoms with Gasteiger partial charge in [-0.15, -0.1) is 0 Å². The van der Waals surface area contributed by atoms with Gasteiger partial charge < -0.3 is 19.6 Å². The molecular formula is C27H32F2N6O. The molecule has 3 aliphatic rings. The number of nitrogens with zero attached hydrogens (tertiary/aromatic N) is 6. The molecule has 0 radical (unpaired) electrons. The molecule has 2 aromatic heterocycles. The van der Waals surface area contributed by atoms with E-state index >= 15 is 8.78 Å². The Morgan fingerprint density at radius 1 is 0.917 bits per heavy atom. The molecule has 2 saturated heterocycles. The summed E-state index contributed by atoms with van der Waals surface area (Å²) >= 11 is 0. The van der Waals surface area contributed by atoms with E-state index in [9.17, 15) is 4.79 Å². The molecule has 0 N–H and O–H groups in total. The molecule has 6 rings (SSSR count). The largest absolute Gasteiger partial charge is 0.366 e. The number of carbonyl (C=O) groups is 1. The number of amides is 1. The van der Waals surface area contributed by atoms with E-state index in [1.54, 1.807) is 10.7 Å². The Morgan fingerprint density at radius 3 is 2.22 bits per heavy atom. The van der Waals surface area contributed by atoms with Gasteiger partial charge >= 0.3 is 0 Å². The molecule has 1 amide bonds. The molecule has 1 aromatic carbocycles. The molecule has 4 heterocycles. The maximum atomic E-state index is 15.2. The van der Waals surface area contributed by atoms with Gasteiger partial charge in [-0.1, -0.05) is 6.92 Å². The molecule has 0 unspecified atom stereocenters. The summed E-state index contributed by atoms with van der Waals surface area (Å²) in [5.74, 6) is -0.533. The summed E-state index contributed by atoms with van der Waals surface area (Å²) in [6, 6.07) is 6.78. The van der Waals surface area contributed by atoms with Crippen molar-refractivity contribution in [3.8, 4) is 11.1 Å². The number of carbonyl (C=O) groups excluding carboxylic acids is 1. The van der Waals surface area contributed by atoms with Crippen LogP contribution < -0.4 is 9.80 Å². The van der Waals surface area contributed by atoms with Gasteiger partial charge in [0.15, 0.2) is 0 Å². The highest BCUT2D eigenvalue weighted by Gasteiger charge is 2.34. The van der Waals surface area contributed by atoms with E-state index < -0.39 is 11.6 Å². The fraction of sp³-hybridized carbons (Fsp3) is 0.481. The third-order valence-corrected chi connectivity index (χ3v) is 7.83. The van der Waals surface area contributed by atoms with Crippen molar-refractivity contribution in [1.82, 2.24) is 19.4 Å². The minimum absolute atomic E-state index is 0.0655. The van der Waals surface area contributed by atoms with Crippen LogP contribution in [0.5, 0.6) is 0 Å². The van der Waals surface area contributed by atoms with Crippen LogP contribution in [-0.2, 0) is 4.79 Å². The summed E-state index contributed by atoms with van der Waals surface area (Å²) in [6.45, 7) is 8.81. The quantitative estimate of drug-likeness (QED) is 0.544. The number of halogens is 2. The molecule has 7 nitrogen and oxygen atoms in total. The summed E-state index contributed by atoms with van der Waals surface area (Å²) in [5.41, 5.74) is 3.18. The van der Waals surface area contributed by atoms with Crippen LogP contribution in [0.2, 0.25) is 0 Å². The zero-order chi connectivity index (χ0) is 24.8. The van der Waals surface area contributed by atoms with Crippen molar-refractivity contribution < 1.29 is 13.6 Å². The summed E-state index contributed by atoms with van der Waals surface area (Å²) in [5, 5.41) is 4.43. The Morgan fingerprint density at radius 2 is 1.58 bits per heavy atom. The van der Waals surface area contributed by atoms with Crippen LogP contribution >= 0.6 is 0 Å². The zero-order valence-corrected chi connectivity index (χ0v) is 20.7. The monoisotopic (exact) mass is 494 g/mol. The first-order chi connectivity index (χ1) is 17.5. The average molecular weight is 495 g/mol. The predicted molar refractivity (Wildman–Crippen MR) is 136 cm³/mol. The highest BCUT2D eigenvalue weighted by molar-refractivity contribution is 5.82. The molecule has 1 saturated carbocycles. The molecule has 0 spiro atoms. The van der Waals surface area contributed by atoms with E-state index in [2.05, 4.69) is 21.8 Å². The van der Waals surface area contributed by atoms with Crippen molar-refractivity contribution in [3.05, 3.63) is 48.3 Å². The Bertz CT molecular complexity index is 1250. The topological polar surface area (TPSA) is 47.3 Å². The van der Waals surface area contributed by atoms with E-state index in [1.165, 1.54) is 12.1 Å². The highest BCUT2D eigenvalue weighted by atomic mass is 19.1. The van der Waals surface area contributed by atoms with Gasteiger partial charge in [0.1, 0.15) is 17.3 Å². The van der Waals surface area contributed by atoms with Crippen molar-refractivity contribution in [1.29, 1.82) is 0 Å². The Kier molecular flexibility index (Phi) is 6.03. The van der Waals surface area contributed by atoms with Crippen LogP contribution in [0.15, 0.2) is 36.7 Å². The molecule has 1 aliphatic carbocycles. The SMILES string of the molecule is CCN1CCN(c2c(F)cc(-c3cc4c(N5CCN(C(=O)C6CC6)CC5)ccnn4c3)cc2F)CC1. The normalized spacial score (nSPS) is 19.4. The van der Waals surface area contributed by atoms with Crippen molar-refractivity contribution in [2.75, 3.05) is 68.7 Å². The lowest BCUT2D eigenvalue weighted by Gasteiger charge is -2.36. The fourth-order valence-electron chi connectivity index (χ4n) is 5.50. The zero-order valence-electron chi connectivity index (χ0n) is 20.7. The van der Waals surface area contributed by atoms with Gasteiger partial charge in [0.05, 0.1) is 11.2 Å². The number of piperazine rings is 2. The number of hydrogen-bond donors (Lipinski definition) is 0. The van der Waals surface area contributed by atoms with Gasteiger partial charge in [-0.25, -0.2) is 13.3 Å². The van der Waals surface area contributed by atoms with Crippen molar-refractivity contribution >= 4 is 22.8 Å². The van der Waals surface area contributed by atoms with E-state index in [0.717, 1.165) is 62.3 Å². The molecule has 3 aromatic rings. The number of anilines is 2. The second-order valence-electron chi connectivity index (χ2n) is 10.1. The van der Waals surface area contributed by atoms with E-state index in [1.807, 2.05) is 28.1 Å². The first-order valence-electron chi connectivity index (χ1n) is 13.0. The van der Waals surface area contributed by atoms with Crippen LogP contribution in [0.4, 0.5) is 20.2 Å². The van der Waals surface area contributed by atoms with Gasteiger partial charge in [0.25, 0.3) is 0 Å². The molecule has 2 aliphatic heterocycles. The summed E-state index contributed by atoms with van der Waals surface area (Å²) in [6.07, 6.45) is 5.61. The minimum atomic E-state index is -0.533. The Hall–Kier alpha value is -3.20. The van der Waals surface area contributed by atoms with Gasteiger partial charge in [0.2, 0.25) is 5.91 Å². The minimum Gasteiger partial charge on any atom is -0.366 e. The standard InChI is InChI=1S/C27H32F2N6O/c1-2-31-7-9-33(10-8-31)26-22(28)15-20(16-23(26)29)21-17-25-24(5-6-30-35(25)18-21)32-11-13-34(14-12-32)27(36)19-3-4-19/h5-6,15-19H,2-4,7-14H2,1H3. The highest BCUT2D eigenvalue weighted by Crippen LogP contribution is 2.34. The average Bonchev–Trinajstić information content (AvgIpc) is 3.66. The van der Waals surface area contributed by atoms with Crippen LogP contribution in [0, 0.1) is 17.6 Å². The second kappa shape index (κ2) is 9.35. The maximum Gasteiger partial charge on any atom is 0.225 e. The number of aromatic nitrogens is 2. The van der Waals surface area contributed by atoms with E-state index in [0.29, 0.717) is 37.6 Å². The van der Waals surface area contributed by atoms with E-state index in [4.69, 9.17) is 0 Å². The predicted octanol–water partition coefficient (Wildman–Crippen LogP) is 3.48. The number of benzene rings is 1. The molecule has 3 fully saturated rings. The Balaban J connectivity index is 1.23. The number of hydrogen-bond acceptors (Lipinski definition) is 5. The van der Waals surface area contributed by atoms with Crippen LogP contribution in [0.25, 0.3) is 16.6 Å². The smallest absolute Gasteiger partial charge is 0.225 e. The third-order valence-electron chi connectivity index (χ3n) is 7.83. The molecule has 36 heavy (non-hydrogen) atoms. The van der Waals surface area contributed by atoms with Gasteiger partial charge in [-0.3, -0.25) is 4.79 Å². The lowest BCUT2D eigenvalue weighted by molar-refractivity contribution is -0.132. The molecule has 0 bridgehead atoms. The van der Waals surface area contributed by atoms with Gasteiger partial charge in [-0.05, 0) is 49.2 Å². The van der Waals surface area contributed by atoms with Crippen molar-refractivity contribution in [2.45, 2.75) is 19.8 Å². The van der Waals surface area contributed by atoms with Crippen LogP contribution in [-0.4, -0.2) is 84.2 Å². The van der Waals surface area contributed by atoms with Gasteiger partial charge in [-0.2, -0.15) is 5.10 Å². The first-order valence-corrected chi connectivity index (χ1v) is 13.0. The number of rotatable bonds is 5. The van der Waals surface area contributed by atoms with Crippen molar-refractivity contribution in [2.24, 2.45) is 5.92 Å². The molecular weight excluding hydrogens is 462 g/mol. The molecule has 9 heteroatoms. The number of fused-ring (bicyclic) bond motifs is 1. The van der Waals surface area contributed by atoms with Crippen molar-refractivity contribution in [3.63, 3.8) is 0 Å². The van der Waals surface area contributed by atoms with Gasteiger partial charge in [0, 0.05) is 76.2 Å². The lowest BCUT2D eigenvalue weighted by atomic mass is 10.1. The lowest BCUT2D eigenvalue weighted by Crippen LogP contribution is -2.49. The first kappa shape index (κ1) is 23.2. The Labute approximate surface area is 209 Å². The molecule has 190 valence electrons. The second-order valence-corrected chi connectivity index (χ2v) is 10.1. The molecule has 0 atom stereocenters. The number of likely N-dealkylation sites (N-methyl/N-ethyl adjacent to an activating group) is 1. The summed E-state index contributed by atoms with van der Waals surface area (Å²) < 4.78 is 32.1. The maximum absolute atomic E-state index is 15.2. The fourth-order valence-corrected chi connectivity index (χ4v) is 5.50.